The van der Waals surface area contributed by atoms with E-state index in [9.17, 15) is 32.7 Å². The van der Waals surface area contributed by atoms with E-state index >= 15 is 0 Å². The molecule has 2 aliphatic heterocycles. The summed E-state index contributed by atoms with van der Waals surface area (Å²) in [7, 11) is 2.34. The third kappa shape index (κ3) is 10.6. The number of aromatic hydroxyl groups is 1. The SMILES string of the molecule is CC(C)OC(=O)c1ccc(NC(=O)N[C@@H](Cc2ccc(O)cc2)C(=O)N2CCC([N+]3(C)CCCC3)CC2)cc1.O=C([O-])C(F)(F)F. The van der Waals surface area contributed by atoms with Crippen LogP contribution in [-0.2, 0) is 20.7 Å². The highest BCUT2D eigenvalue weighted by atomic mass is 19.4. The zero-order valence-electron chi connectivity index (χ0n) is 26.1. The maximum atomic E-state index is 13.7. The standard InChI is InChI=1S/C30H40N4O5.C2HF3O2/c1-21(2)39-29(37)23-8-10-24(11-9-23)31-30(38)32-27(20-22-6-12-26(35)13-7-22)28(36)33-16-14-25(15-17-33)34(3)18-4-5-19-34;3-2(4,5)1(6)7/h6-13,21,25,27H,4-5,14-20H2,1-3H3,(H2-,31,32,35,37,38);(H,6,7)/t27-;/m0./s1. The van der Waals surface area contributed by atoms with Crippen molar-refractivity contribution >= 4 is 29.6 Å². The zero-order chi connectivity index (χ0) is 34.1. The number of amides is 3. The van der Waals surface area contributed by atoms with Crippen LogP contribution >= 0.6 is 0 Å². The average molecular weight is 651 g/mol. The van der Waals surface area contributed by atoms with Crippen LogP contribution in [0.4, 0.5) is 23.7 Å². The first kappa shape index (κ1) is 36.1. The number of piperidine rings is 1. The van der Waals surface area contributed by atoms with Crippen LogP contribution in [0.5, 0.6) is 5.75 Å². The van der Waals surface area contributed by atoms with Crippen molar-refractivity contribution in [1.82, 2.24) is 10.2 Å². The van der Waals surface area contributed by atoms with Gasteiger partial charge in [-0.1, -0.05) is 12.1 Å². The van der Waals surface area contributed by atoms with Crippen molar-refractivity contribution in [2.75, 3.05) is 38.5 Å². The number of alkyl halides is 3. The van der Waals surface area contributed by atoms with E-state index in [1.165, 1.54) is 25.9 Å². The van der Waals surface area contributed by atoms with E-state index in [0.717, 1.165) is 22.9 Å². The number of nitrogens with zero attached hydrogens (tertiary/aromatic N) is 2. The van der Waals surface area contributed by atoms with Gasteiger partial charge in [0.15, 0.2) is 0 Å². The van der Waals surface area contributed by atoms with Crippen LogP contribution in [0, 0.1) is 0 Å². The lowest BCUT2D eigenvalue weighted by Crippen LogP contribution is -2.57. The fraction of sp³-hybridized carbons (Fsp3) is 0.500. The molecule has 11 nitrogen and oxygen atoms in total. The van der Waals surface area contributed by atoms with Gasteiger partial charge in [-0.3, -0.25) is 4.79 Å². The molecular weight excluding hydrogens is 609 g/mol. The Hall–Kier alpha value is -4.33. The molecule has 2 aromatic carbocycles. The van der Waals surface area contributed by atoms with Crippen LogP contribution in [0.1, 0.15) is 55.5 Å². The summed E-state index contributed by atoms with van der Waals surface area (Å²) in [4.78, 5) is 49.4. The lowest BCUT2D eigenvalue weighted by Gasteiger charge is -2.43. The molecule has 0 aromatic heterocycles. The number of carboxylic acid groups (broad SMARTS) is 1. The van der Waals surface area contributed by atoms with Crippen LogP contribution in [0.3, 0.4) is 0 Å². The minimum absolute atomic E-state index is 0.104. The molecule has 2 fully saturated rings. The Labute approximate surface area is 265 Å². The fourth-order valence-corrected chi connectivity index (χ4v) is 5.72. The number of halogens is 3. The van der Waals surface area contributed by atoms with E-state index in [2.05, 4.69) is 17.7 Å². The maximum absolute atomic E-state index is 13.7. The van der Waals surface area contributed by atoms with E-state index in [1.54, 1.807) is 62.4 Å². The second-order valence-corrected chi connectivity index (χ2v) is 12.0. The number of rotatable bonds is 8. The Balaban J connectivity index is 0.000000738. The van der Waals surface area contributed by atoms with Crippen molar-refractivity contribution < 1.29 is 51.8 Å². The van der Waals surface area contributed by atoms with Gasteiger partial charge in [0.2, 0.25) is 5.91 Å². The Morgan fingerprint density at radius 1 is 1.00 bits per heavy atom. The van der Waals surface area contributed by atoms with Crippen molar-refractivity contribution in [3.05, 3.63) is 59.7 Å². The van der Waals surface area contributed by atoms with Crippen LogP contribution in [0.15, 0.2) is 48.5 Å². The third-order valence-electron chi connectivity index (χ3n) is 8.18. The number of carboxylic acids is 1. The van der Waals surface area contributed by atoms with Crippen LogP contribution in [0.25, 0.3) is 0 Å². The van der Waals surface area contributed by atoms with Crippen molar-refractivity contribution in [3.8, 4) is 5.75 Å². The van der Waals surface area contributed by atoms with Crippen LogP contribution in [-0.4, -0.2) is 96.0 Å². The first-order valence-electron chi connectivity index (χ1n) is 15.1. The number of carbonyl (C=O) groups is 4. The van der Waals surface area contributed by atoms with Crippen molar-refractivity contribution in [1.29, 1.82) is 0 Å². The average Bonchev–Trinajstić information content (AvgIpc) is 3.45. The summed E-state index contributed by atoms with van der Waals surface area (Å²) in [6.07, 6.45) is -0.639. The number of phenols is 1. The number of anilines is 1. The quantitative estimate of drug-likeness (QED) is 0.294. The molecule has 0 saturated carbocycles. The van der Waals surface area contributed by atoms with Gasteiger partial charge in [-0.05, 0) is 55.8 Å². The molecule has 0 unspecified atom stereocenters. The lowest BCUT2D eigenvalue weighted by molar-refractivity contribution is -0.923. The van der Waals surface area contributed by atoms with Crippen molar-refractivity contribution in [2.24, 2.45) is 0 Å². The number of nitrogens with one attached hydrogen (secondary N) is 2. The highest BCUT2D eigenvalue weighted by Gasteiger charge is 2.39. The molecule has 3 amide bonds. The van der Waals surface area contributed by atoms with E-state index in [-0.39, 0.29) is 17.8 Å². The summed E-state index contributed by atoms with van der Waals surface area (Å²) in [5.41, 5.74) is 1.72. The number of aliphatic carboxylic acids is 1. The lowest BCUT2D eigenvalue weighted by atomic mass is 9.99. The summed E-state index contributed by atoms with van der Waals surface area (Å²) < 4.78 is 37.9. The Bertz CT molecular complexity index is 1340. The predicted molar refractivity (Wildman–Crippen MR) is 161 cm³/mol. The van der Waals surface area contributed by atoms with E-state index in [1.807, 2.05) is 4.90 Å². The molecule has 0 bridgehead atoms. The molecule has 2 aliphatic rings. The number of benzene rings is 2. The topological polar surface area (TPSA) is 148 Å². The van der Waals surface area contributed by atoms with Gasteiger partial charge in [-0.25, -0.2) is 9.59 Å². The van der Waals surface area contributed by atoms with Gasteiger partial charge in [0.25, 0.3) is 0 Å². The number of quaternary nitrogens is 1. The predicted octanol–water partition coefficient (Wildman–Crippen LogP) is 3.22. The number of esters is 1. The molecule has 46 heavy (non-hydrogen) atoms. The number of urea groups is 1. The Morgan fingerprint density at radius 3 is 2.04 bits per heavy atom. The minimum Gasteiger partial charge on any atom is -0.542 e. The van der Waals surface area contributed by atoms with Gasteiger partial charge in [0.05, 0.1) is 37.8 Å². The van der Waals surface area contributed by atoms with Gasteiger partial charge in [-0.15, -0.1) is 0 Å². The molecule has 14 heteroatoms. The summed E-state index contributed by atoms with van der Waals surface area (Å²) >= 11 is 0. The molecule has 0 spiro atoms. The number of ether oxygens (including phenoxy) is 1. The van der Waals surface area contributed by atoms with Gasteiger partial charge in [0.1, 0.15) is 17.8 Å². The molecule has 2 aromatic rings. The zero-order valence-corrected chi connectivity index (χ0v) is 26.1. The normalized spacial score (nSPS) is 17.0. The second kappa shape index (κ2) is 15.8. The molecule has 2 saturated heterocycles. The first-order chi connectivity index (χ1) is 21.6. The van der Waals surface area contributed by atoms with Gasteiger partial charge in [-0.2, -0.15) is 13.2 Å². The molecule has 3 N–H and O–H groups in total. The first-order valence-corrected chi connectivity index (χ1v) is 15.1. The number of hydrogen-bond donors (Lipinski definition) is 3. The molecular formula is C32H41F3N4O7. The smallest absolute Gasteiger partial charge is 0.430 e. The number of hydrogen-bond acceptors (Lipinski definition) is 7. The third-order valence-corrected chi connectivity index (χ3v) is 8.18. The van der Waals surface area contributed by atoms with Crippen LogP contribution in [0.2, 0.25) is 0 Å². The Morgan fingerprint density at radius 2 is 1.54 bits per heavy atom. The van der Waals surface area contributed by atoms with Gasteiger partial charge < -0.3 is 39.8 Å². The fourth-order valence-electron chi connectivity index (χ4n) is 5.72. The highest BCUT2D eigenvalue weighted by Crippen LogP contribution is 2.28. The Kier molecular flexibility index (Phi) is 12.4. The summed E-state index contributed by atoms with van der Waals surface area (Å²) in [6.45, 7) is 7.35. The van der Waals surface area contributed by atoms with Crippen molar-refractivity contribution in [2.45, 2.75) is 70.3 Å². The molecule has 252 valence electrons. The monoisotopic (exact) mass is 650 g/mol. The van der Waals surface area contributed by atoms with Gasteiger partial charge in [0, 0.05) is 50.9 Å². The molecule has 2 heterocycles. The number of phenolic OH excluding ortho intramolecular Hbond substituents is 1. The molecule has 1 atom stereocenters. The van der Waals surface area contributed by atoms with E-state index in [4.69, 9.17) is 14.6 Å². The highest BCUT2D eigenvalue weighted by molar-refractivity contribution is 5.95. The number of carbonyl (C=O) groups excluding carboxylic acids is 4. The summed E-state index contributed by atoms with van der Waals surface area (Å²) in [5.74, 6) is -3.39. The van der Waals surface area contributed by atoms with E-state index < -0.39 is 30.2 Å². The van der Waals surface area contributed by atoms with Crippen LogP contribution < -0.4 is 15.7 Å². The van der Waals surface area contributed by atoms with Gasteiger partial charge >= 0.3 is 18.2 Å². The van der Waals surface area contributed by atoms with Crippen molar-refractivity contribution in [3.63, 3.8) is 0 Å². The largest absolute Gasteiger partial charge is 0.542 e. The van der Waals surface area contributed by atoms with E-state index in [0.29, 0.717) is 36.8 Å². The maximum Gasteiger partial charge on any atom is 0.430 e. The minimum atomic E-state index is -5.19. The summed E-state index contributed by atoms with van der Waals surface area (Å²) in [5, 5.41) is 24.1. The summed E-state index contributed by atoms with van der Waals surface area (Å²) in [6, 6.07) is 12.4. The molecule has 4 rings (SSSR count). The molecule has 0 radical (unpaired) electrons. The number of likely N-dealkylation sites (tertiary alicyclic amines) is 2. The second-order valence-electron chi connectivity index (χ2n) is 12.0. The molecule has 0 aliphatic carbocycles.